The first-order valence-corrected chi connectivity index (χ1v) is 8.83. The monoisotopic (exact) mass is 384 g/mol. The normalized spacial score (nSPS) is 23.0. The van der Waals surface area contributed by atoms with Crippen LogP contribution in [0.3, 0.4) is 0 Å². The summed E-state index contributed by atoms with van der Waals surface area (Å²) in [5, 5.41) is 5.48. The molecule has 1 atom stereocenters. The highest BCUT2D eigenvalue weighted by Crippen LogP contribution is 2.28. The minimum absolute atomic E-state index is 0.247. The van der Waals surface area contributed by atoms with E-state index in [4.69, 9.17) is 12.2 Å². The molecule has 1 amide bonds. The first-order valence-electron chi connectivity index (χ1n) is 7.20. The van der Waals surface area contributed by atoms with E-state index in [1.165, 1.54) is 23.9 Å². The maximum atomic E-state index is 12.7. The Balaban J connectivity index is 2.06. The molecular weight excluding hydrogens is 369 g/mol. The minimum Gasteiger partial charge on any atom is -0.328 e. The third kappa shape index (κ3) is 5.75. The van der Waals surface area contributed by atoms with E-state index in [9.17, 15) is 18.0 Å². The molecule has 1 unspecified atom stereocenters. The van der Waals surface area contributed by atoms with Crippen LogP contribution in [0, 0.1) is 5.92 Å². The smallest absolute Gasteiger partial charge is 0.328 e. The van der Waals surface area contributed by atoms with Crippen molar-refractivity contribution in [2.45, 2.75) is 6.18 Å². The fraction of sp³-hybridized carbons (Fsp3) is 0.176. The van der Waals surface area contributed by atoms with E-state index >= 15 is 0 Å². The highest BCUT2D eigenvalue weighted by Gasteiger charge is 2.31. The topological polar surface area (TPSA) is 41.1 Å². The van der Waals surface area contributed by atoms with Crippen molar-refractivity contribution >= 4 is 35.0 Å². The molecule has 0 spiro atoms. The van der Waals surface area contributed by atoms with Gasteiger partial charge in [-0.05, 0) is 30.6 Å². The number of nitrogens with one attached hydrogen (secondary N) is 2. The first-order chi connectivity index (χ1) is 11.8. The summed E-state index contributed by atoms with van der Waals surface area (Å²) >= 11 is 6.29. The van der Waals surface area contributed by atoms with Gasteiger partial charge in [0.2, 0.25) is 0 Å². The summed E-state index contributed by atoms with van der Waals surface area (Å²) < 4.78 is 38.0. The zero-order chi connectivity index (χ0) is 18.4. The number of rotatable bonds is 4. The summed E-state index contributed by atoms with van der Waals surface area (Å²) in [5.74, 6) is -0.544. The third-order valence-electron chi connectivity index (χ3n) is 3.27. The summed E-state index contributed by atoms with van der Waals surface area (Å²) in [7, 11) is 0. The summed E-state index contributed by atoms with van der Waals surface area (Å²) in [6.45, 7) is 0. The van der Waals surface area contributed by atoms with Crippen LogP contribution in [0.25, 0.3) is 0 Å². The zero-order valence-electron chi connectivity index (χ0n) is 13.1. The van der Waals surface area contributed by atoms with Gasteiger partial charge < -0.3 is 5.32 Å². The molecule has 0 aromatic heterocycles. The van der Waals surface area contributed by atoms with Crippen LogP contribution in [0.5, 0.6) is 0 Å². The maximum Gasteiger partial charge on any atom is 0.416 e. The van der Waals surface area contributed by atoms with Gasteiger partial charge in [-0.25, -0.2) is 0 Å². The molecule has 0 radical (unpaired) electrons. The summed E-state index contributed by atoms with van der Waals surface area (Å²) in [6.07, 6.45) is 11.1. The van der Waals surface area contributed by atoms with Crippen LogP contribution in [0.2, 0.25) is 0 Å². The molecule has 25 heavy (non-hydrogen) atoms. The van der Waals surface area contributed by atoms with Crippen molar-refractivity contribution in [3.63, 3.8) is 0 Å². The maximum absolute atomic E-state index is 12.7. The van der Waals surface area contributed by atoms with Gasteiger partial charge in [0.05, 0.1) is 5.57 Å². The van der Waals surface area contributed by atoms with Gasteiger partial charge >= 0.3 is 6.18 Å². The Kier molecular flexibility index (Phi) is 6.44. The number of alkyl halides is 3. The Bertz CT molecular complexity index is 743. The molecule has 2 aliphatic rings. The second-order valence-electron chi connectivity index (χ2n) is 5.07. The Morgan fingerprint density at radius 2 is 2.08 bits per heavy atom. The lowest BCUT2D eigenvalue weighted by Crippen LogP contribution is -2.21. The summed E-state index contributed by atoms with van der Waals surface area (Å²) in [6, 6.07) is 0. The van der Waals surface area contributed by atoms with Gasteiger partial charge in [-0.2, -0.15) is 13.2 Å². The molecule has 132 valence electrons. The van der Waals surface area contributed by atoms with E-state index in [-0.39, 0.29) is 16.9 Å². The average molecular weight is 384 g/mol. The van der Waals surface area contributed by atoms with E-state index in [1.54, 1.807) is 30.4 Å². The predicted molar refractivity (Wildman–Crippen MR) is 98.6 cm³/mol. The summed E-state index contributed by atoms with van der Waals surface area (Å²) in [4.78, 5) is 12.4. The number of thiocarbonyl (C=S) groups is 1. The lowest BCUT2D eigenvalue weighted by Gasteiger charge is -2.05. The third-order valence-corrected chi connectivity index (χ3v) is 4.20. The molecular formula is C17H15F3N2OS2. The molecule has 1 fully saturated rings. The first kappa shape index (κ1) is 19.3. The van der Waals surface area contributed by atoms with Gasteiger partial charge in [0.25, 0.3) is 5.91 Å². The Hall–Kier alpha value is -2.06. The molecule has 0 bridgehead atoms. The van der Waals surface area contributed by atoms with Gasteiger partial charge in [-0.1, -0.05) is 42.5 Å². The fourth-order valence-electron chi connectivity index (χ4n) is 2.02. The number of amides is 1. The van der Waals surface area contributed by atoms with Gasteiger partial charge in [0.1, 0.15) is 5.70 Å². The quantitative estimate of drug-likeness (QED) is 0.438. The van der Waals surface area contributed by atoms with Gasteiger partial charge in [-0.15, -0.1) is 11.8 Å². The minimum atomic E-state index is -4.35. The fourth-order valence-corrected chi connectivity index (χ4v) is 2.67. The number of hydrogen-bond donors (Lipinski definition) is 2. The molecule has 0 saturated carbocycles. The van der Waals surface area contributed by atoms with E-state index < -0.39 is 11.7 Å². The molecule has 2 N–H and O–H groups in total. The molecule has 1 saturated heterocycles. The molecule has 1 aliphatic carbocycles. The molecule has 0 aromatic carbocycles. The lowest BCUT2D eigenvalue weighted by atomic mass is 10.1. The van der Waals surface area contributed by atoms with Crippen LogP contribution >= 0.6 is 24.0 Å². The largest absolute Gasteiger partial charge is 0.416 e. The van der Waals surface area contributed by atoms with Crippen molar-refractivity contribution < 1.29 is 18.0 Å². The van der Waals surface area contributed by atoms with Crippen molar-refractivity contribution in [3.05, 3.63) is 70.9 Å². The predicted octanol–water partition coefficient (Wildman–Crippen LogP) is 3.91. The Morgan fingerprint density at radius 1 is 1.32 bits per heavy atom. The van der Waals surface area contributed by atoms with Gasteiger partial charge in [-0.3, -0.25) is 10.1 Å². The number of thioether (sulfide) groups is 1. The molecule has 2 rings (SSSR count). The summed E-state index contributed by atoms with van der Waals surface area (Å²) in [5.41, 5.74) is -0.328. The lowest BCUT2D eigenvalue weighted by molar-refractivity contribution is -0.115. The number of carbonyl (C=O) groups excluding carboxylic acids is 1. The van der Waals surface area contributed by atoms with Crippen LogP contribution in [0.1, 0.15) is 0 Å². The van der Waals surface area contributed by atoms with E-state index in [0.717, 1.165) is 17.1 Å². The molecule has 0 aromatic rings. The highest BCUT2D eigenvalue weighted by atomic mass is 32.2. The van der Waals surface area contributed by atoms with Crippen molar-refractivity contribution in [3.8, 4) is 0 Å². The second kappa shape index (κ2) is 8.35. The van der Waals surface area contributed by atoms with Crippen molar-refractivity contribution in [1.82, 2.24) is 10.6 Å². The zero-order valence-corrected chi connectivity index (χ0v) is 14.8. The second-order valence-corrected chi connectivity index (χ2v) is 6.35. The molecule has 1 aliphatic heterocycles. The van der Waals surface area contributed by atoms with E-state index in [2.05, 4.69) is 10.6 Å². The van der Waals surface area contributed by atoms with Gasteiger partial charge in [0, 0.05) is 10.8 Å². The molecule has 8 heteroatoms. The Labute approximate surface area is 153 Å². The number of allylic oxidation sites excluding steroid dienone is 10. The van der Waals surface area contributed by atoms with Crippen molar-refractivity contribution in [1.29, 1.82) is 0 Å². The van der Waals surface area contributed by atoms with Crippen LogP contribution in [0.15, 0.2) is 70.9 Å². The highest BCUT2D eigenvalue weighted by molar-refractivity contribution is 8.02. The van der Waals surface area contributed by atoms with E-state index in [1.807, 2.05) is 6.26 Å². The van der Waals surface area contributed by atoms with Crippen LogP contribution in [-0.4, -0.2) is 23.5 Å². The van der Waals surface area contributed by atoms with Crippen LogP contribution in [-0.2, 0) is 4.79 Å². The van der Waals surface area contributed by atoms with Crippen molar-refractivity contribution in [2.75, 3.05) is 6.26 Å². The van der Waals surface area contributed by atoms with E-state index in [0.29, 0.717) is 5.70 Å². The molecule has 3 nitrogen and oxygen atoms in total. The number of halogens is 3. The number of hydrogen-bond acceptors (Lipinski definition) is 3. The average Bonchev–Trinajstić information content (AvgIpc) is 2.74. The standard InChI is InChI=1S/C17H15F3N2OS2/c1-25-13(10-14-15(23)22-16(24)21-14)7-3-5-11-4-2-6-12(9-8-11)17(18,19)20/h2-11H,1H3,(H2,21,22,23,24)/b5-3+,13-7-,14-10?. The van der Waals surface area contributed by atoms with Crippen LogP contribution in [0.4, 0.5) is 13.2 Å². The van der Waals surface area contributed by atoms with Gasteiger partial charge in [0.15, 0.2) is 5.11 Å². The van der Waals surface area contributed by atoms with Crippen molar-refractivity contribution in [2.24, 2.45) is 5.92 Å². The molecule has 1 heterocycles. The SMILES string of the molecule is CS/C(C=C1NC(=S)NC1=O)=C\C=C\C1C=CC=C(C(F)(F)F)C=C1. The van der Waals surface area contributed by atoms with Crippen LogP contribution < -0.4 is 10.6 Å². The Morgan fingerprint density at radius 3 is 2.68 bits per heavy atom. The number of carbonyl (C=O) groups is 1.